The molecular weight excluding hydrogens is 275 g/mol. The molecule has 2 rings (SSSR count). The molecule has 0 aromatic heterocycles. The van der Waals surface area contributed by atoms with Crippen molar-refractivity contribution in [3.05, 3.63) is 33.8 Å². The van der Waals surface area contributed by atoms with Crippen molar-refractivity contribution in [2.45, 2.75) is 12.0 Å². The van der Waals surface area contributed by atoms with E-state index in [-0.39, 0.29) is 12.0 Å². The third-order valence-electron chi connectivity index (χ3n) is 3.35. The standard InChI is InChI=1S/C12H14Cl2N2O2/c1-16(12(17)18)11-6-15-5-8(11)7-2-3-9(13)10(14)4-7/h2-4,8,11,15H,5-6H2,1H3,(H,17,18)/t8-,11+/m0/s1. The molecule has 1 aliphatic heterocycles. The van der Waals surface area contributed by atoms with Crippen LogP contribution in [0.4, 0.5) is 4.79 Å². The monoisotopic (exact) mass is 288 g/mol. The van der Waals surface area contributed by atoms with Gasteiger partial charge in [0.25, 0.3) is 0 Å². The fraction of sp³-hybridized carbons (Fsp3) is 0.417. The predicted molar refractivity (Wildman–Crippen MR) is 71.6 cm³/mol. The van der Waals surface area contributed by atoms with Gasteiger partial charge in [0.05, 0.1) is 16.1 Å². The van der Waals surface area contributed by atoms with Gasteiger partial charge >= 0.3 is 6.09 Å². The zero-order valence-corrected chi connectivity index (χ0v) is 11.4. The third-order valence-corrected chi connectivity index (χ3v) is 4.09. The lowest BCUT2D eigenvalue weighted by molar-refractivity contribution is 0.138. The Kier molecular flexibility index (Phi) is 4.00. The Balaban J connectivity index is 2.25. The van der Waals surface area contributed by atoms with Crippen molar-refractivity contribution in [1.29, 1.82) is 0 Å². The summed E-state index contributed by atoms with van der Waals surface area (Å²) in [6.07, 6.45) is -0.922. The van der Waals surface area contributed by atoms with E-state index in [1.807, 2.05) is 12.1 Å². The molecule has 0 saturated carbocycles. The number of halogens is 2. The summed E-state index contributed by atoms with van der Waals surface area (Å²) in [5.74, 6) is 0.0980. The molecule has 18 heavy (non-hydrogen) atoms. The van der Waals surface area contributed by atoms with Gasteiger partial charge in [-0.25, -0.2) is 4.79 Å². The van der Waals surface area contributed by atoms with Crippen molar-refractivity contribution in [2.24, 2.45) is 0 Å². The number of nitrogens with one attached hydrogen (secondary N) is 1. The van der Waals surface area contributed by atoms with E-state index in [1.165, 1.54) is 4.90 Å². The van der Waals surface area contributed by atoms with Gasteiger partial charge in [-0.3, -0.25) is 0 Å². The number of amides is 1. The zero-order valence-electron chi connectivity index (χ0n) is 9.86. The largest absolute Gasteiger partial charge is 0.465 e. The number of carboxylic acid groups (broad SMARTS) is 1. The maximum absolute atomic E-state index is 11.0. The normalized spacial score (nSPS) is 23.1. The topological polar surface area (TPSA) is 52.6 Å². The Labute approximate surface area is 115 Å². The van der Waals surface area contributed by atoms with Crippen LogP contribution < -0.4 is 5.32 Å². The summed E-state index contributed by atoms with van der Waals surface area (Å²) in [6, 6.07) is 5.37. The number of carbonyl (C=O) groups is 1. The molecule has 0 unspecified atom stereocenters. The van der Waals surface area contributed by atoms with Crippen LogP contribution in [0.25, 0.3) is 0 Å². The summed E-state index contributed by atoms with van der Waals surface area (Å²) < 4.78 is 0. The van der Waals surface area contributed by atoms with E-state index in [0.29, 0.717) is 16.6 Å². The number of likely N-dealkylation sites (N-methyl/N-ethyl adjacent to an activating group) is 1. The van der Waals surface area contributed by atoms with Crippen LogP contribution in [-0.2, 0) is 0 Å². The summed E-state index contributed by atoms with van der Waals surface area (Å²) in [7, 11) is 1.59. The Morgan fingerprint density at radius 2 is 2.11 bits per heavy atom. The molecule has 4 nitrogen and oxygen atoms in total. The number of nitrogens with zero attached hydrogens (tertiary/aromatic N) is 1. The van der Waals surface area contributed by atoms with Crippen molar-refractivity contribution in [2.75, 3.05) is 20.1 Å². The first-order chi connectivity index (χ1) is 8.50. The molecule has 1 aromatic carbocycles. The molecule has 1 aliphatic rings. The van der Waals surface area contributed by atoms with Crippen LogP contribution in [0.3, 0.4) is 0 Å². The number of benzene rings is 1. The van der Waals surface area contributed by atoms with Crippen molar-refractivity contribution in [1.82, 2.24) is 10.2 Å². The van der Waals surface area contributed by atoms with E-state index >= 15 is 0 Å². The van der Waals surface area contributed by atoms with Gasteiger partial charge in [0.2, 0.25) is 0 Å². The maximum atomic E-state index is 11.0. The Hall–Kier alpha value is -0.970. The van der Waals surface area contributed by atoms with Crippen LogP contribution in [0, 0.1) is 0 Å². The smallest absolute Gasteiger partial charge is 0.407 e. The fourth-order valence-corrected chi connectivity index (χ4v) is 2.60. The van der Waals surface area contributed by atoms with Crippen LogP contribution in [0.1, 0.15) is 11.5 Å². The Morgan fingerprint density at radius 1 is 1.39 bits per heavy atom. The minimum atomic E-state index is -0.922. The van der Waals surface area contributed by atoms with Gasteiger partial charge in [0, 0.05) is 26.1 Å². The van der Waals surface area contributed by atoms with Crippen molar-refractivity contribution in [3.8, 4) is 0 Å². The van der Waals surface area contributed by atoms with E-state index in [4.69, 9.17) is 28.3 Å². The number of hydrogen-bond donors (Lipinski definition) is 2. The van der Waals surface area contributed by atoms with Crippen LogP contribution in [0.15, 0.2) is 18.2 Å². The van der Waals surface area contributed by atoms with Crippen LogP contribution in [-0.4, -0.2) is 42.3 Å². The SMILES string of the molecule is CN(C(=O)O)[C@@H]1CNC[C@H]1c1ccc(Cl)c(Cl)c1. The van der Waals surface area contributed by atoms with Gasteiger partial charge < -0.3 is 15.3 Å². The minimum absolute atomic E-state index is 0.0836. The molecule has 98 valence electrons. The molecule has 6 heteroatoms. The van der Waals surface area contributed by atoms with E-state index in [2.05, 4.69) is 5.32 Å². The molecule has 2 N–H and O–H groups in total. The quantitative estimate of drug-likeness (QED) is 0.880. The summed E-state index contributed by atoms with van der Waals surface area (Å²) >= 11 is 11.9. The highest BCUT2D eigenvalue weighted by molar-refractivity contribution is 6.42. The molecule has 2 atom stereocenters. The Morgan fingerprint density at radius 3 is 2.72 bits per heavy atom. The van der Waals surface area contributed by atoms with E-state index in [9.17, 15) is 4.79 Å². The van der Waals surface area contributed by atoms with Gasteiger partial charge in [0.15, 0.2) is 0 Å². The minimum Gasteiger partial charge on any atom is -0.465 e. The molecule has 1 heterocycles. The average molecular weight is 289 g/mol. The number of hydrogen-bond acceptors (Lipinski definition) is 2. The van der Waals surface area contributed by atoms with Gasteiger partial charge in [0.1, 0.15) is 0 Å². The molecule has 0 aliphatic carbocycles. The first-order valence-corrected chi connectivity index (χ1v) is 6.37. The predicted octanol–water partition coefficient (Wildman–Crippen LogP) is 2.66. The van der Waals surface area contributed by atoms with Gasteiger partial charge in [-0.1, -0.05) is 29.3 Å². The third kappa shape index (κ3) is 2.55. The molecule has 0 radical (unpaired) electrons. The summed E-state index contributed by atoms with van der Waals surface area (Å²) in [4.78, 5) is 12.4. The van der Waals surface area contributed by atoms with Crippen LogP contribution in [0.2, 0.25) is 10.0 Å². The molecule has 1 amide bonds. The second-order valence-electron chi connectivity index (χ2n) is 4.40. The van der Waals surface area contributed by atoms with Gasteiger partial charge in [-0.2, -0.15) is 0 Å². The van der Waals surface area contributed by atoms with Crippen molar-refractivity contribution >= 4 is 29.3 Å². The van der Waals surface area contributed by atoms with Crippen molar-refractivity contribution in [3.63, 3.8) is 0 Å². The molecule has 1 aromatic rings. The second-order valence-corrected chi connectivity index (χ2v) is 5.21. The lowest BCUT2D eigenvalue weighted by Crippen LogP contribution is -2.40. The van der Waals surface area contributed by atoms with Crippen molar-refractivity contribution < 1.29 is 9.90 Å². The van der Waals surface area contributed by atoms with Crippen LogP contribution in [0.5, 0.6) is 0 Å². The maximum Gasteiger partial charge on any atom is 0.407 e. The highest BCUT2D eigenvalue weighted by Crippen LogP contribution is 2.31. The fourth-order valence-electron chi connectivity index (χ4n) is 2.30. The lowest BCUT2D eigenvalue weighted by Gasteiger charge is -2.27. The number of rotatable bonds is 2. The molecule has 0 spiro atoms. The Bertz CT molecular complexity index is 467. The highest BCUT2D eigenvalue weighted by atomic mass is 35.5. The van der Waals surface area contributed by atoms with Gasteiger partial charge in [-0.15, -0.1) is 0 Å². The highest BCUT2D eigenvalue weighted by Gasteiger charge is 2.33. The molecule has 1 saturated heterocycles. The summed E-state index contributed by atoms with van der Waals surface area (Å²) in [5.41, 5.74) is 1.01. The first-order valence-electron chi connectivity index (χ1n) is 5.62. The zero-order chi connectivity index (χ0) is 13.3. The first kappa shape index (κ1) is 13.5. The van der Waals surface area contributed by atoms with E-state index in [0.717, 1.165) is 12.1 Å². The van der Waals surface area contributed by atoms with Gasteiger partial charge in [-0.05, 0) is 17.7 Å². The van der Waals surface area contributed by atoms with Crippen LogP contribution >= 0.6 is 23.2 Å². The molecule has 1 fully saturated rings. The average Bonchev–Trinajstić information content (AvgIpc) is 2.80. The second kappa shape index (κ2) is 5.34. The summed E-state index contributed by atoms with van der Waals surface area (Å²) in [6.45, 7) is 1.38. The lowest BCUT2D eigenvalue weighted by atomic mass is 9.94. The van der Waals surface area contributed by atoms with E-state index in [1.54, 1.807) is 13.1 Å². The molecular formula is C12H14Cl2N2O2. The van der Waals surface area contributed by atoms with E-state index < -0.39 is 6.09 Å². The summed E-state index contributed by atoms with van der Waals surface area (Å²) in [5, 5.41) is 13.3. The molecule has 0 bridgehead atoms.